The second-order valence-electron chi connectivity index (χ2n) is 9.22. The van der Waals surface area contributed by atoms with E-state index in [-0.39, 0.29) is 11.8 Å². The Bertz CT molecular complexity index is 1440. The molecule has 3 aromatic carbocycles. The molecule has 0 radical (unpaired) electrons. The lowest BCUT2D eigenvalue weighted by atomic mass is 9.78. The first kappa shape index (κ1) is 21.2. The van der Waals surface area contributed by atoms with Gasteiger partial charge in [0.25, 0.3) is 0 Å². The number of nitrogens with zero attached hydrogens (tertiary/aromatic N) is 1. The number of para-hydroxylation sites is 1. The Labute approximate surface area is 200 Å². The summed E-state index contributed by atoms with van der Waals surface area (Å²) >= 11 is 0. The first-order valence-electron chi connectivity index (χ1n) is 11.9. The van der Waals surface area contributed by atoms with Crippen molar-refractivity contribution in [2.45, 2.75) is 36.6 Å². The summed E-state index contributed by atoms with van der Waals surface area (Å²) in [5, 5.41) is 0. The van der Waals surface area contributed by atoms with Crippen LogP contribution in [0.4, 0.5) is 5.69 Å². The quantitative estimate of drug-likeness (QED) is 0.343. The van der Waals surface area contributed by atoms with Crippen molar-refractivity contribution in [1.82, 2.24) is 0 Å². The molecule has 0 spiro atoms. The number of fused-ring (bicyclic) bond motifs is 5. The minimum atomic E-state index is -3.39. The summed E-state index contributed by atoms with van der Waals surface area (Å²) in [5.41, 5.74) is 6.04. The molecule has 0 fully saturated rings. The van der Waals surface area contributed by atoms with E-state index < -0.39 is 9.84 Å². The number of hydrogen-bond acceptors (Lipinski definition) is 4. The summed E-state index contributed by atoms with van der Waals surface area (Å²) in [6, 6.07) is 27.6. The Kier molecular flexibility index (Phi) is 5.10. The van der Waals surface area contributed by atoms with Crippen molar-refractivity contribution in [1.29, 1.82) is 0 Å². The monoisotopic (exact) mass is 469 g/mol. The lowest BCUT2D eigenvalue weighted by Crippen LogP contribution is -2.34. The van der Waals surface area contributed by atoms with Crippen molar-refractivity contribution >= 4 is 15.5 Å². The van der Waals surface area contributed by atoms with Gasteiger partial charge in [0, 0.05) is 29.3 Å². The zero-order valence-corrected chi connectivity index (χ0v) is 20.0. The predicted molar refractivity (Wildman–Crippen MR) is 135 cm³/mol. The first-order chi connectivity index (χ1) is 16.5. The number of benzene rings is 3. The average Bonchev–Trinajstić information content (AvgIpc) is 3.39. The van der Waals surface area contributed by atoms with Gasteiger partial charge in [0.05, 0.1) is 16.7 Å². The largest absolute Gasteiger partial charge is 0.461 e. The van der Waals surface area contributed by atoms with Gasteiger partial charge in [0.1, 0.15) is 11.5 Å². The standard InChI is InChI=1S/C29H27NO3S/c1-20-23-16-17-25-24-14-8-9-15-26(24)30(18-19-34(31,32)22-12-6-3-7-13-22)28(25)27(23)29(33-20)21-10-4-2-5-11-21/h2-15,25,28H,16-19H2,1H3/t25-,28+/m1/s1. The second kappa shape index (κ2) is 8.17. The van der Waals surface area contributed by atoms with Crippen LogP contribution < -0.4 is 4.90 Å². The highest BCUT2D eigenvalue weighted by molar-refractivity contribution is 7.91. The normalized spacial score (nSPS) is 18.9. The Balaban J connectivity index is 1.44. The maximum atomic E-state index is 13.2. The van der Waals surface area contributed by atoms with Crippen LogP contribution in [0.15, 0.2) is 94.2 Å². The highest BCUT2D eigenvalue weighted by Crippen LogP contribution is 2.56. The molecule has 2 aliphatic rings. The lowest BCUT2D eigenvalue weighted by molar-refractivity contribution is 0.490. The zero-order valence-electron chi connectivity index (χ0n) is 19.1. The van der Waals surface area contributed by atoms with E-state index in [1.54, 1.807) is 24.3 Å². The summed E-state index contributed by atoms with van der Waals surface area (Å²) < 4.78 is 32.7. The number of hydrogen-bond donors (Lipinski definition) is 0. The van der Waals surface area contributed by atoms with Gasteiger partial charge in [0.15, 0.2) is 9.84 Å². The molecular weight excluding hydrogens is 442 g/mol. The van der Waals surface area contributed by atoms with E-state index in [0.717, 1.165) is 35.6 Å². The summed E-state index contributed by atoms with van der Waals surface area (Å²) in [6.07, 6.45) is 2.01. The molecule has 0 saturated carbocycles. The summed E-state index contributed by atoms with van der Waals surface area (Å²) in [4.78, 5) is 2.70. The maximum absolute atomic E-state index is 13.2. The molecule has 0 bridgehead atoms. The van der Waals surface area contributed by atoms with E-state index in [9.17, 15) is 8.42 Å². The number of rotatable bonds is 5. The van der Waals surface area contributed by atoms with Crippen LogP contribution in [-0.2, 0) is 16.3 Å². The van der Waals surface area contributed by atoms with Gasteiger partial charge < -0.3 is 9.32 Å². The van der Waals surface area contributed by atoms with E-state index in [2.05, 4.69) is 48.2 Å². The Morgan fingerprint density at radius 2 is 1.59 bits per heavy atom. The first-order valence-corrected chi connectivity index (χ1v) is 13.5. The fourth-order valence-corrected chi connectivity index (χ4v) is 7.06. The van der Waals surface area contributed by atoms with Gasteiger partial charge in [-0.3, -0.25) is 0 Å². The van der Waals surface area contributed by atoms with Crippen LogP contribution >= 0.6 is 0 Å². The van der Waals surface area contributed by atoms with Gasteiger partial charge in [-0.1, -0.05) is 66.7 Å². The smallest absolute Gasteiger partial charge is 0.180 e. The lowest BCUT2D eigenvalue weighted by Gasteiger charge is -2.34. The van der Waals surface area contributed by atoms with Crippen molar-refractivity contribution in [3.63, 3.8) is 0 Å². The topological polar surface area (TPSA) is 50.5 Å². The van der Waals surface area contributed by atoms with Crippen molar-refractivity contribution < 1.29 is 12.8 Å². The van der Waals surface area contributed by atoms with Crippen LogP contribution in [0, 0.1) is 6.92 Å². The summed E-state index contributed by atoms with van der Waals surface area (Å²) in [6.45, 7) is 2.49. The molecule has 34 heavy (non-hydrogen) atoms. The molecule has 0 unspecified atom stereocenters. The maximum Gasteiger partial charge on any atom is 0.180 e. The number of sulfone groups is 1. The van der Waals surface area contributed by atoms with Crippen LogP contribution in [0.2, 0.25) is 0 Å². The molecule has 0 amide bonds. The minimum absolute atomic E-state index is 0.0692. The molecule has 1 aromatic heterocycles. The van der Waals surface area contributed by atoms with Crippen molar-refractivity contribution in [3.8, 4) is 11.3 Å². The zero-order chi connectivity index (χ0) is 23.3. The van der Waals surface area contributed by atoms with Gasteiger partial charge in [0.2, 0.25) is 0 Å². The van der Waals surface area contributed by atoms with Crippen molar-refractivity contribution in [2.75, 3.05) is 17.2 Å². The van der Waals surface area contributed by atoms with Crippen LogP contribution in [0.5, 0.6) is 0 Å². The van der Waals surface area contributed by atoms with Crippen molar-refractivity contribution in [2.24, 2.45) is 0 Å². The molecule has 4 nitrogen and oxygen atoms in total. The van der Waals surface area contributed by atoms with E-state index >= 15 is 0 Å². The van der Waals surface area contributed by atoms with Gasteiger partial charge in [-0.15, -0.1) is 0 Å². The summed E-state index contributed by atoms with van der Waals surface area (Å²) in [7, 11) is -3.39. The SMILES string of the molecule is Cc1oc(-c2ccccc2)c2c1CC[C@@H]1c3ccccc3N(CCS(=O)(=O)c3ccccc3)[C@H]21. The molecule has 4 aromatic rings. The van der Waals surface area contributed by atoms with Gasteiger partial charge >= 0.3 is 0 Å². The minimum Gasteiger partial charge on any atom is -0.461 e. The Hall–Kier alpha value is -3.31. The second-order valence-corrected chi connectivity index (χ2v) is 11.3. The van der Waals surface area contributed by atoms with Crippen LogP contribution in [0.3, 0.4) is 0 Å². The highest BCUT2D eigenvalue weighted by atomic mass is 32.2. The molecule has 5 heteroatoms. The van der Waals surface area contributed by atoms with E-state index in [0.29, 0.717) is 17.4 Å². The third-order valence-corrected chi connectivity index (χ3v) is 9.06. The fraction of sp³-hybridized carbons (Fsp3) is 0.241. The summed E-state index contributed by atoms with van der Waals surface area (Å²) in [5.74, 6) is 2.29. The van der Waals surface area contributed by atoms with E-state index in [1.165, 1.54) is 16.7 Å². The molecule has 172 valence electrons. The van der Waals surface area contributed by atoms with Crippen LogP contribution in [0.25, 0.3) is 11.3 Å². The molecule has 2 heterocycles. The third kappa shape index (κ3) is 3.38. The van der Waals surface area contributed by atoms with Crippen LogP contribution in [0.1, 0.15) is 40.8 Å². The third-order valence-electron chi connectivity index (χ3n) is 7.35. The molecular formula is C29H27NO3S. The predicted octanol–water partition coefficient (Wildman–Crippen LogP) is 6.32. The molecule has 2 atom stereocenters. The van der Waals surface area contributed by atoms with Crippen LogP contribution in [-0.4, -0.2) is 20.7 Å². The van der Waals surface area contributed by atoms with Crippen molar-refractivity contribution in [3.05, 3.63) is 107 Å². The molecule has 6 rings (SSSR count). The molecule has 0 N–H and O–H groups in total. The number of anilines is 1. The Morgan fingerprint density at radius 1 is 0.912 bits per heavy atom. The number of furan rings is 1. The van der Waals surface area contributed by atoms with Gasteiger partial charge in [-0.2, -0.15) is 0 Å². The number of aryl methyl sites for hydroxylation is 1. The Morgan fingerprint density at radius 3 is 2.35 bits per heavy atom. The fourth-order valence-electron chi connectivity index (χ4n) is 5.82. The van der Waals surface area contributed by atoms with E-state index in [4.69, 9.17) is 4.42 Å². The molecule has 0 saturated heterocycles. The average molecular weight is 470 g/mol. The van der Waals surface area contributed by atoms with E-state index in [1.807, 2.05) is 24.3 Å². The molecule has 1 aliphatic carbocycles. The van der Waals surface area contributed by atoms with Gasteiger partial charge in [-0.25, -0.2) is 8.42 Å². The van der Waals surface area contributed by atoms with Gasteiger partial charge in [-0.05, 0) is 49.1 Å². The molecule has 1 aliphatic heterocycles. The highest BCUT2D eigenvalue weighted by Gasteiger charge is 2.45.